The molecule has 1 rings (SSSR count). The van der Waals surface area contributed by atoms with Gasteiger partial charge in [0, 0.05) is 14.1 Å². The van der Waals surface area contributed by atoms with E-state index in [1.165, 1.54) is 0 Å². The van der Waals surface area contributed by atoms with Gasteiger partial charge in [-0.15, -0.1) is 0 Å². The van der Waals surface area contributed by atoms with Gasteiger partial charge < -0.3 is 4.74 Å². The number of nitrogens with zero attached hydrogens (tertiary/aromatic N) is 4. The van der Waals surface area contributed by atoms with Crippen molar-refractivity contribution in [1.82, 2.24) is 20.0 Å². The second-order valence-electron chi connectivity index (χ2n) is 3.38. The first-order valence-electron chi connectivity index (χ1n) is 4.49. The van der Waals surface area contributed by atoms with E-state index in [9.17, 15) is 0 Å². The van der Waals surface area contributed by atoms with Crippen LogP contribution in [-0.4, -0.2) is 40.2 Å². The molecule has 0 aliphatic heterocycles. The zero-order valence-electron chi connectivity index (χ0n) is 9.15. The molecule has 15 heavy (non-hydrogen) atoms. The van der Waals surface area contributed by atoms with Crippen molar-refractivity contribution in [3.05, 3.63) is 5.28 Å². The Kier molecular flexibility index (Phi) is 4.05. The van der Waals surface area contributed by atoms with Gasteiger partial charge in [0.05, 0.1) is 6.10 Å². The third-order valence-corrected chi connectivity index (χ3v) is 1.42. The molecule has 1 aromatic rings. The van der Waals surface area contributed by atoms with Gasteiger partial charge in [-0.1, -0.05) is 0 Å². The second-order valence-corrected chi connectivity index (χ2v) is 3.72. The molecule has 0 fully saturated rings. The van der Waals surface area contributed by atoms with E-state index in [0.717, 1.165) is 0 Å². The number of aromatic nitrogens is 3. The minimum absolute atomic E-state index is 0.00401. The molecule has 0 atom stereocenters. The van der Waals surface area contributed by atoms with Crippen molar-refractivity contribution >= 4 is 17.5 Å². The third kappa shape index (κ3) is 4.26. The lowest BCUT2D eigenvalue weighted by atomic mass is 10.5. The molecular formula is C8H14ClN5O. The highest BCUT2D eigenvalue weighted by atomic mass is 35.5. The number of anilines is 1. The highest BCUT2D eigenvalue weighted by Gasteiger charge is 2.07. The highest BCUT2D eigenvalue weighted by Crippen LogP contribution is 2.12. The largest absolute Gasteiger partial charge is 0.461 e. The normalized spacial score (nSPS) is 10.9. The summed E-state index contributed by atoms with van der Waals surface area (Å²) in [6.07, 6.45) is -0.00401. The van der Waals surface area contributed by atoms with Gasteiger partial charge >= 0.3 is 6.01 Å². The van der Waals surface area contributed by atoms with Crippen LogP contribution in [-0.2, 0) is 0 Å². The maximum absolute atomic E-state index is 5.72. The summed E-state index contributed by atoms with van der Waals surface area (Å²) in [5.74, 6) is 0.357. The average Bonchev–Trinajstić information content (AvgIpc) is 1.98. The van der Waals surface area contributed by atoms with Crippen LogP contribution in [0.25, 0.3) is 0 Å². The second kappa shape index (κ2) is 5.09. The minimum Gasteiger partial charge on any atom is -0.461 e. The van der Waals surface area contributed by atoms with Crippen molar-refractivity contribution in [1.29, 1.82) is 0 Å². The maximum Gasteiger partial charge on any atom is 0.322 e. The fourth-order valence-electron chi connectivity index (χ4n) is 0.845. The molecule has 0 aliphatic carbocycles. The molecule has 0 saturated heterocycles. The Balaban J connectivity index is 2.84. The van der Waals surface area contributed by atoms with Crippen LogP contribution in [0.1, 0.15) is 13.8 Å². The van der Waals surface area contributed by atoms with Gasteiger partial charge in [0.1, 0.15) is 0 Å². The van der Waals surface area contributed by atoms with Crippen LogP contribution in [0.3, 0.4) is 0 Å². The Morgan fingerprint density at radius 3 is 2.47 bits per heavy atom. The first-order valence-corrected chi connectivity index (χ1v) is 4.87. The molecule has 0 bridgehead atoms. The zero-order chi connectivity index (χ0) is 11.4. The van der Waals surface area contributed by atoms with Crippen molar-refractivity contribution in [3.8, 4) is 6.01 Å². The van der Waals surface area contributed by atoms with Gasteiger partial charge in [-0.25, -0.2) is 5.01 Å². The topological polar surface area (TPSA) is 63.2 Å². The molecule has 0 saturated carbocycles. The van der Waals surface area contributed by atoms with Gasteiger partial charge in [0.15, 0.2) is 0 Å². The Bertz CT molecular complexity index is 303. The number of hydrogen-bond donors (Lipinski definition) is 1. The number of nitrogens with one attached hydrogen (secondary N) is 1. The quantitative estimate of drug-likeness (QED) is 0.786. The summed E-state index contributed by atoms with van der Waals surface area (Å²) in [5.41, 5.74) is 2.87. The molecule has 0 spiro atoms. The number of hydrogen-bond acceptors (Lipinski definition) is 6. The van der Waals surface area contributed by atoms with Gasteiger partial charge in [0.25, 0.3) is 0 Å². The number of hydrazine groups is 1. The summed E-state index contributed by atoms with van der Waals surface area (Å²) in [7, 11) is 3.64. The third-order valence-electron chi connectivity index (χ3n) is 1.25. The van der Waals surface area contributed by atoms with Crippen molar-refractivity contribution in [2.24, 2.45) is 0 Å². The van der Waals surface area contributed by atoms with E-state index in [4.69, 9.17) is 16.3 Å². The number of halogens is 1. The van der Waals surface area contributed by atoms with Crippen LogP contribution in [0, 0.1) is 0 Å². The molecule has 1 N–H and O–H groups in total. The van der Waals surface area contributed by atoms with E-state index in [1.54, 1.807) is 5.01 Å². The van der Waals surface area contributed by atoms with Crippen molar-refractivity contribution in [3.63, 3.8) is 0 Å². The van der Waals surface area contributed by atoms with Crippen LogP contribution < -0.4 is 10.2 Å². The number of ether oxygens (including phenoxy) is 1. The van der Waals surface area contributed by atoms with Crippen LogP contribution in [0.15, 0.2) is 0 Å². The van der Waals surface area contributed by atoms with E-state index < -0.39 is 0 Å². The summed E-state index contributed by atoms with van der Waals surface area (Å²) >= 11 is 5.72. The van der Waals surface area contributed by atoms with Crippen LogP contribution in [0.4, 0.5) is 5.95 Å². The van der Waals surface area contributed by atoms with Crippen LogP contribution in [0.5, 0.6) is 6.01 Å². The number of rotatable bonds is 4. The Morgan fingerprint density at radius 1 is 1.27 bits per heavy atom. The minimum atomic E-state index is -0.00401. The van der Waals surface area contributed by atoms with Gasteiger partial charge in [0.2, 0.25) is 11.2 Å². The highest BCUT2D eigenvalue weighted by molar-refractivity contribution is 6.28. The van der Waals surface area contributed by atoms with Crippen molar-refractivity contribution < 1.29 is 4.74 Å². The predicted octanol–water partition coefficient (Wildman–Crippen LogP) is 1.20. The van der Waals surface area contributed by atoms with E-state index in [-0.39, 0.29) is 17.4 Å². The first-order chi connectivity index (χ1) is 6.97. The van der Waals surface area contributed by atoms with Crippen molar-refractivity contribution in [2.75, 3.05) is 19.5 Å². The predicted molar refractivity (Wildman–Crippen MR) is 57.9 cm³/mol. The van der Waals surface area contributed by atoms with Crippen LogP contribution in [0.2, 0.25) is 5.28 Å². The maximum atomic E-state index is 5.72. The summed E-state index contributed by atoms with van der Waals surface area (Å²) in [5, 5.41) is 1.80. The summed E-state index contributed by atoms with van der Waals surface area (Å²) < 4.78 is 5.31. The standard InChI is InChI=1S/C8H14ClN5O/c1-5(2)15-8-11-6(9)10-7(12-8)13-14(3)4/h5H,1-4H3,(H,10,11,12,13). The van der Waals surface area contributed by atoms with Gasteiger partial charge in [-0.2, -0.15) is 15.0 Å². The molecule has 0 aromatic carbocycles. The Morgan fingerprint density at radius 2 is 1.93 bits per heavy atom. The molecule has 0 amide bonds. The van der Waals surface area contributed by atoms with Crippen LogP contribution >= 0.6 is 11.6 Å². The average molecular weight is 232 g/mol. The lowest BCUT2D eigenvalue weighted by molar-refractivity contribution is 0.221. The Labute approximate surface area is 93.6 Å². The zero-order valence-corrected chi connectivity index (χ0v) is 9.91. The van der Waals surface area contributed by atoms with E-state index in [2.05, 4.69) is 20.4 Å². The molecule has 0 aliphatic rings. The SMILES string of the molecule is CC(C)Oc1nc(Cl)nc(NN(C)C)n1. The Hall–Kier alpha value is -1.14. The smallest absolute Gasteiger partial charge is 0.322 e. The van der Waals surface area contributed by atoms with E-state index in [1.807, 2.05) is 27.9 Å². The lowest BCUT2D eigenvalue weighted by Crippen LogP contribution is -2.22. The molecular weight excluding hydrogens is 218 g/mol. The summed E-state index contributed by atoms with van der Waals surface area (Å²) in [6, 6.07) is 0.217. The molecule has 0 unspecified atom stereocenters. The van der Waals surface area contributed by atoms with Gasteiger partial charge in [-0.3, -0.25) is 5.43 Å². The summed E-state index contributed by atoms with van der Waals surface area (Å²) in [6.45, 7) is 3.77. The summed E-state index contributed by atoms with van der Waals surface area (Å²) in [4.78, 5) is 11.8. The molecule has 6 nitrogen and oxygen atoms in total. The molecule has 84 valence electrons. The monoisotopic (exact) mass is 231 g/mol. The lowest BCUT2D eigenvalue weighted by Gasteiger charge is -2.13. The molecule has 7 heteroatoms. The molecule has 1 aromatic heterocycles. The van der Waals surface area contributed by atoms with Gasteiger partial charge in [-0.05, 0) is 25.4 Å². The first kappa shape index (κ1) is 11.9. The molecule has 1 heterocycles. The fraction of sp³-hybridized carbons (Fsp3) is 0.625. The fourth-order valence-corrected chi connectivity index (χ4v) is 0.998. The van der Waals surface area contributed by atoms with E-state index >= 15 is 0 Å². The van der Waals surface area contributed by atoms with E-state index in [0.29, 0.717) is 5.95 Å². The molecule has 0 radical (unpaired) electrons. The van der Waals surface area contributed by atoms with Crippen molar-refractivity contribution in [2.45, 2.75) is 20.0 Å².